The van der Waals surface area contributed by atoms with Crippen LogP contribution in [0.25, 0.3) is 0 Å². The third-order valence-electron chi connectivity index (χ3n) is 3.23. The van der Waals surface area contributed by atoms with Crippen molar-refractivity contribution in [2.45, 2.75) is 37.5 Å². The standard InChI is InChI=1S/C14H18N2O4S/c1-2-10-15-21(19,20)12-8-6-11(7-9-12)16-13(17)4-3-5-14(16)18/h6-9,15H,2-5,10H2,1H3. The van der Waals surface area contributed by atoms with Crippen LogP contribution in [0.3, 0.4) is 0 Å². The first-order valence-corrected chi connectivity index (χ1v) is 8.39. The predicted molar refractivity (Wildman–Crippen MR) is 78.3 cm³/mol. The molecule has 1 saturated heterocycles. The van der Waals surface area contributed by atoms with Gasteiger partial charge in [0, 0.05) is 19.4 Å². The van der Waals surface area contributed by atoms with E-state index in [0.717, 1.165) is 4.90 Å². The fourth-order valence-electron chi connectivity index (χ4n) is 2.14. The highest BCUT2D eigenvalue weighted by atomic mass is 32.2. The number of amides is 2. The number of nitrogens with one attached hydrogen (secondary N) is 1. The van der Waals surface area contributed by atoms with Gasteiger partial charge in [0.1, 0.15) is 0 Å². The molecule has 0 unspecified atom stereocenters. The van der Waals surface area contributed by atoms with E-state index in [9.17, 15) is 18.0 Å². The summed E-state index contributed by atoms with van der Waals surface area (Å²) in [5.41, 5.74) is 0.416. The molecule has 0 radical (unpaired) electrons. The summed E-state index contributed by atoms with van der Waals surface area (Å²) in [5, 5.41) is 0. The van der Waals surface area contributed by atoms with Gasteiger partial charge in [0.2, 0.25) is 21.8 Å². The third kappa shape index (κ3) is 3.48. The molecular weight excluding hydrogens is 292 g/mol. The molecule has 0 aromatic heterocycles. The van der Waals surface area contributed by atoms with Crippen molar-refractivity contribution in [2.24, 2.45) is 0 Å². The fourth-order valence-corrected chi connectivity index (χ4v) is 3.27. The van der Waals surface area contributed by atoms with Crippen LogP contribution in [0.4, 0.5) is 5.69 Å². The van der Waals surface area contributed by atoms with Gasteiger partial charge in [-0.15, -0.1) is 0 Å². The van der Waals surface area contributed by atoms with Crippen LogP contribution in [0, 0.1) is 0 Å². The smallest absolute Gasteiger partial charge is 0.240 e. The number of carbonyl (C=O) groups excluding carboxylic acids is 2. The molecule has 0 atom stereocenters. The molecule has 21 heavy (non-hydrogen) atoms. The number of piperidine rings is 1. The van der Waals surface area contributed by atoms with Crippen LogP contribution >= 0.6 is 0 Å². The molecule has 1 fully saturated rings. The maximum absolute atomic E-state index is 11.9. The minimum absolute atomic E-state index is 0.122. The maximum Gasteiger partial charge on any atom is 0.240 e. The van der Waals surface area contributed by atoms with Gasteiger partial charge < -0.3 is 0 Å². The summed E-state index contributed by atoms with van der Waals surface area (Å²) >= 11 is 0. The lowest BCUT2D eigenvalue weighted by molar-refractivity contribution is -0.129. The third-order valence-corrected chi connectivity index (χ3v) is 4.70. The Balaban J connectivity index is 2.22. The molecule has 7 heteroatoms. The van der Waals surface area contributed by atoms with E-state index in [2.05, 4.69) is 4.72 Å². The molecule has 0 spiro atoms. The summed E-state index contributed by atoms with van der Waals surface area (Å²) in [6, 6.07) is 5.79. The Morgan fingerprint density at radius 1 is 1.10 bits per heavy atom. The first-order chi connectivity index (χ1) is 9.95. The molecule has 1 aromatic rings. The van der Waals surface area contributed by atoms with Crippen molar-refractivity contribution < 1.29 is 18.0 Å². The van der Waals surface area contributed by atoms with E-state index in [-0.39, 0.29) is 16.7 Å². The molecule has 0 saturated carbocycles. The normalized spacial score (nSPS) is 16.3. The fraction of sp³-hybridized carbons (Fsp3) is 0.429. The van der Waals surface area contributed by atoms with Gasteiger partial charge in [-0.1, -0.05) is 6.92 Å². The number of sulfonamides is 1. The van der Waals surface area contributed by atoms with Crippen molar-refractivity contribution in [1.29, 1.82) is 0 Å². The van der Waals surface area contributed by atoms with Crippen LogP contribution in [-0.4, -0.2) is 26.8 Å². The Bertz CT molecular complexity index is 621. The molecule has 114 valence electrons. The highest BCUT2D eigenvalue weighted by molar-refractivity contribution is 7.89. The van der Waals surface area contributed by atoms with E-state index in [1.54, 1.807) is 0 Å². The van der Waals surface area contributed by atoms with E-state index < -0.39 is 10.0 Å². The molecule has 0 bridgehead atoms. The Kier molecular flexibility index (Phi) is 4.74. The topological polar surface area (TPSA) is 83.6 Å². The van der Waals surface area contributed by atoms with Gasteiger partial charge in [-0.25, -0.2) is 13.1 Å². The second-order valence-corrected chi connectivity index (χ2v) is 6.64. The molecule has 2 amide bonds. The summed E-state index contributed by atoms with van der Waals surface area (Å²) < 4.78 is 26.4. The van der Waals surface area contributed by atoms with Crippen LogP contribution in [-0.2, 0) is 19.6 Å². The Labute approximate surface area is 124 Å². The number of hydrogen-bond acceptors (Lipinski definition) is 4. The monoisotopic (exact) mass is 310 g/mol. The van der Waals surface area contributed by atoms with Gasteiger partial charge >= 0.3 is 0 Å². The van der Waals surface area contributed by atoms with Gasteiger partial charge in [-0.3, -0.25) is 14.5 Å². The van der Waals surface area contributed by atoms with Crippen molar-refractivity contribution in [1.82, 2.24) is 4.72 Å². The van der Waals surface area contributed by atoms with Crippen molar-refractivity contribution in [2.75, 3.05) is 11.4 Å². The van der Waals surface area contributed by atoms with E-state index in [1.165, 1.54) is 24.3 Å². The minimum atomic E-state index is -3.54. The van der Waals surface area contributed by atoms with Gasteiger partial charge in [0.05, 0.1) is 10.6 Å². The van der Waals surface area contributed by atoms with E-state index in [4.69, 9.17) is 0 Å². The quantitative estimate of drug-likeness (QED) is 0.834. The second kappa shape index (κ2) is 6.36. The van der Waals surface area contributed by atoms with Crippen molar-refractivity contribution in [3.05, 3.63) is 24.3 Å². The average molecular weight is 310 g/mol. The summed E-state index contributed by atoms with van der Waals surface area (Å²) in [5.74, 6) is -0.489. The Morgan fingerprint density at radius 3 is 2.19 bits per heavy atom. The summed E-state index contributed by atoms with van der Waals surface area (Å²) in [6.07, 6.45) is 1.95. The van der Waals surface area contributed by atoms with Gasteiger partial charge in [-0.2, -0.15) is 0 Å². The van der Waals surface area contributed by atoms with Gasteiger partial charge in [0.25, 0.3) is 0 Å². The zero-order valence-electron chi connectivity index (χ0n) is 11.8. The van der Waals surface area contributed by atoms with E-state index in [1.807, 2.05) is 6.92 Å². The number of rotatable bonds is 5. The zero-order valence-corrected chi connectivity index (χ0v) is 12.6. The number of imide groups is 1. The van der Waals surface area contributed by atoms with Crippen LogP contribution in [0.5, 0.6) is 0 Å². The average Bonchev–Trinajstić information content (AvgIpc) is 2.45. The second-order valence-electron chi connectivity index (χ2n) is 4.87. The zero-order chi connectivity index (χ0) is 15.5. The molecule has 1 aliphatic rings. The Morgan fingerprint density at radius 2 is 1.67 bits per heavy atom. The first kappa shape index (κ1) is 15.7. The highest BCUT2D eigenvalue weighted by Gasteiger charge is 2.27. The predicted octanol–water partition coefficient (Wildman–Crippen LogP) is 1.42. The van der Waals surface area contributed by atoms with Crippen LogP contribution < -0.4 is 9.62 Å². The van der Waals surface area contributed by atoms with E-state index >= 15 is 0 Å². The van der Waals surface area contributed by atoms with Crippen molar-refractivity contribution >= 4 is 27.5 Å². The van der Waals surface area contributed by atoms with Crippen molar-refractivity contribution in [3.8, 4) is 0 Å². The van der Waals surface area contributed by atoms with Gasteiger partial charge in [0.15, 0.2) is 0 Å². The molecule has 2 rings (SSSR count). The van der Waals surface area contributed by atoms with E-state index in [0.29, 0.717) is 37.9 Å². The summed E-state index contributed by atoms with van der Waals surface area (Å²) in [4.78, 5) is 24.9. The number of benzene rings is 1. The Hall–Kier alpha value is -1.73. The lowest BCUT2D eigenvalue weighted by atomic mass is 10.1. The molecule has 1 aliphatic heterocycles. The summed E-state index contributed by atoms with van der Waals surface area (Å²) in [6.45, 7) is 2.24. The number of anilines is 1. The minimum Gasteiger partial charge on any atom is -0.274 e. The van der Waals surface area contributed by atoms with Crippen molar-refractivity contribution in [3.63, 3.8) is 0 Å². The summed E-state index contributed by atoms with van der Waals surface area (Å²) in [7, 11) is -3.54. The molecule has 1 heterocycles. The van der Waals surface area contributed by atoms with Crippen LogP contribution in [0.2, 0.25) is 0 Å². The first-order valence-electron chi connectivity index (χ1n) is 6.91. The molecular formula is C14H18N2O4S. The lowest BCUT2D eigenvalue weighted by Gasteiger charge is -2.24. The molecule has 1 aromatic carbocycles. The largest absolute Gasteiger partial charge is 0.274 e. The highest BCUT2D eigenvalue weighted by Crippen LogP contribution is 2.23. The molecule has 0 aliphatic carbocycles. The number of nitrogens with zero attached hydrogens (tertiary/aromatic N) is 1. The SMILES string of the molecule is CCCNS(=O)(=O)c1ccc(N2C(=O)CCCC2=O)cc1. The molecule has 6 nitrogen and oxygen atoms in total. The lowest BCUT2D eigenvalue weighted by Crippen LogP contribution is -2.40. The van der Waals surface area contributed by atoms with Crippen LogP contribution in [0.15, 0.2) is 29.2 Å². The molecule has 1 N–H and O–H groups in total. The number of carbonyl (C=O) groups is 2. The van der Waals surface area contributed by atoms with Crippen LogP contribution in [0.1, 0.15) is 32.6 Å². The number of hydrogen-bond donors (Lipinski definition) is 1. The maximum atomic E-state index is 11.9. The van der Waals surface area contributed by atoms with Gasteiger partial charge in [-0.05, 0) is 37.1 Å².